The van der Waals surface area contributed by atoms with E-state index in [0.717, 1.165) is 35.0 Å². The van der Waals surface area contributed by atoms with Crippen LogP contribution in [-0.2, 0) is 12.2 Å². The normalized spacial score (nSPS) is 13.3. The van der Waals surface area contributed by atoms with Gasteiger partial charge in [-0.1, -0.05) is 12.1 Å². The Balaban J connectivity index is 1.90. The first-order chi connectivity index (χ1) is 9.78. The fraction of sp³-hybridized carbons (Fsp3) is 0.267. The summed E-state index contributed by atoms with van der Waals surface area (Å²) in [7, 11) is 0. The van der Waals surface area contributed by atoms with Crippen LogP contribution in [0.4, 0.5) is 5.69 Å². The predicted octanol–water partition coefficient (Wildman–Crippen LogP) is 2.88. The molecule has 0 saturated carbocycles. The molecule has 1 aliphatic rings. The minimum atomic E-state index is 0.639. The zero-order chi connectivity index (χ0) is 13.9. The smallest absolute Gasteiger partial charge is 0.141 e. The molecule has 104 valence electrons. The molecule has 0 aliphatic carbocycles. The number of thioether (sulfide) groups is 1. The fourth-order valence-electron chi connectivity index (χ4n) is 2.31. The quantitative estimate of drug-likeness (QED) is 0.854. The highest BCUT2D eigenvalue weighted by molar-refractivity contribution is 7.98. The lowest BCUT2D eigenvalue weighted by molar-refractivity contribution is 1.15. The van der Waals surface area contributed by atoms with Crippen molar-refractivity contribution in [3.8, 4) is 0 Å². The van der Waals surface area contributed by atoms with Crippen molar-refractivity contribution in [3.63, 3.8) is 0 Å². The van der Waals surface area contributed by atoms with Gasteiger partial charge in [-0.2, -0.15) is 11.8 Å². The molecule has 3 rings (SSSR count). The van der Waals surface area contributed by atoms with Gasteiger partial charge < -0.3 is 11.5 Å². The summed E-state index contributed by atoms with van der Waals surface area (Å²) in [5, 5.41) is 2.08. The van der Waals surface area contributed by atoms with Crippen LogP contribution in [0.3, 0.4) is 0 Å². The minimum absolute atomic E-state index is 0.639. The van der Waals surface area contributed by atoms with E-state index in [0.29, 0.717) is 5.84 Å². The standard InChI is InChI=1S/C15H17N3S2/c16-4-6-19-9-10-1-2-11-8-12-3-5-20-14(12)15(17)18-13(11)7-10/h1-3,5,7H,4,6,8-9,16H2,(H2,17,18). The molecule has 0 amide bonds. The van der Waals surface area contributed by atoms with Crippen molar-refractivity contribution >= 4 is 34.6 Å². The van der Waals surface area contributed by atoms with Crippen molar-refractivity contribution in [2.75, 3.05) is 12.3 Å². The SMILES string of the molecule is NCCSCc1ccc2c(c1)N=C(N)c1sccc1C2. The summed E-state index contributed by atoms with van der Waals surface area (Å²) in [4.78, 5) is 5.72. The van der Waals surface area contributed by atoms with Gasteiger partial charge in [0.25, 0.3) is 0 Å². The van der Waals surface area contributed by atoms with Crippen molar-refractivity contribution in [1.82, 2.24) is 0 Å². The second-order valence-electron chi connectivity index (χ2n) is 4.75. The Bertz CT molecular complexity index is 646. The van der Waals surface area contributed by atoms with E-state index in [1.165, 1.54) is 16.7 Å². The van der Waals surface area contributed by atoms with E-state index in [2.05, 4.69) is 34.6 Å². The number of nitrogens with zero attached hydrogens (tertiary/aromatic N) is 1. The first-order valence-electron chi connectivity index (χ1n) is 6.58. The lowest BCUT2D eigenvalue weighted by Gasteiger charge is -2.06. The van der Waals surface area contributed by atoms with Crippen LogP contribution < -0.4 is 11.5 Å². The van der Waals surface area contributed by atoms with Gasteiger partial charge in [0, 0.05) is 24.5 Å². The number of hydrogen-bond donors (Lipinski definition) is 2. The summed E-state index contributed by atoms with van der Waals surface area (Å²) in [6.07, 6.45) is 0.911. The van der Waals surface area contributed by atoms with Gasteiger partial charge in [0.2, 0.25) is 0 Å². The maximum absolute atomic E-state index is 6.12. The molecule has 3 nitrogen and oxygen atoms in total. The molecule has 2 heterocycles. The molecule has 0 unspecified atom stereocenters. The molecule has 1 aliphatic heterocycles. The largest absolute Gasteiger partial charge is 0.382 e. The number of fused-ring (bicyclic) bond motifs is 2. The molecule has 0 bridgehead atoms. The van der Waals surface area contributed by atoms with Crippen molar-refractivity contribution in [1.29, 1.82) is 0 Å². The van der Waals surface area contributed by atoms with E-state index < -0.39 is 0 Å². The highest BCUT2D eigenvalue weighted by Crippen LogP contribution is 2.31. The summed E-state index contributed by atoms with van der Waals surface area (Å²) in [5.41, 5.74) is 16.5. The van der Waals surface area contributed by atoms with Crippen LogP contribution in [-0.4, -0.2) is 18.1 Å². The number of nitrogens with two attached hydrogens (primary N) is 2. The van der Waals surface area contributed by atoms with E-state index in [-0.39, 0.29) is 0 Å². The number of rotatable bonds is 4. The van der Waals surface area contributed by atoms with Crippen LogP contribution in [0.1, 0.15) is 21.6 Å². The average molecular weight is 303 g/mol. The Morgan fingerprint density at radius 1 is 1.25 bits per heavy atom. The third-order valence-corrected chi connectivity index (χ3v) is 5.32. The van der Waals surface area contributed by atoms with Gasteiger partial charge in [0.15, 0.2) is 0 Å². The third kappa shape index (κ3) is 2.75. The maximum atomic E-state index is 6.12. The van der Waals surface area contributed by atoms with Crippen molar-refractivity contribution in [2.45, 2.75) is 12.2 Å². The van der Waals surface area contributed by atoms with E-state index in [9.17, 15) is 0 Å². The first-order valence-corrected chi connectivity index (χ1v) is 8.62. The molecule has 0 spiro atoms. The Morgan fingerprint density at radius 3 is 3.00 bits per heavy atom. The van der Waals surface area contributed by atoms with Gasteiger partial charge in [-0.15, -0.1) is 11.3 Å². The van der Waals surface area contributed by atoms with Crippen molar-refractivity contribution < 1.29 is 0 Å². The lowest BCUT2D eigenvalue weighted by atomic mass is 10.0. The second-order valence-corrected chi connectivity index (χ2v) is 6.77. The van der Waals surface area contributed by atoms with Crippen LogP contribution in [0.5, 0.6) is 0 Å². The highest BCUT2D eigenvalue weighted by atomic mass is 32.2. The molecule has 4 N–H and O–H groups in total. The summed E-state index contributed by atoms with van der Waals surface area (Å²) >= 11 is 3.51. The molecule has 0 saturated heterocycles. The van der Waals surface area contributed by atoms with Gasteiger partial charge in [-0.25, -0.2) is 4.99 Å². The van der Waals surface area contributed by atoms with E-state index in [1.807, 2.05) is 11.8 Å². The molecular weight excluding hydrogens is 286 g/mol. The average Bonchev–Trinajstić information content (AvgIpc) is 2.85. The molecular formula is C15H17N3S2. The Morgan fingerprint density at radius 2 is 2.15 bits per heavy atom. The molecule has 0 radical (unpaired) electrons. The molecule has 0 fully saturated rings. The van der Waals surface area contributed by atoms with Gasteiger partial charge in [0.1, 0.15) is 5.84 Å². The first kappa shape index (κ1) is 13.7. The summed E-state index contributed by atoms with van der Waals surface area (Å²) < 4.78 is 0. The Kier molecular flexibility index (Phi) is 4.10. The maximum Gasteiger partial charge on any atom is 0.141 e. The highest BCUT2D eigenvalue weighted by Gasteiger charge is 2.16. The molecule has 1 aromatic carbocycles. The van der Waals surface area contributed by atoms with Crippen molar-refractivity contribution in [3.05, 3.63) is 51.2 Å². The minimum Gasteiger partial charge on any atom is -0.382 e. The number of thiophene rings is 1. The summed E-state index contributed by atoms with van der Waals surface area (Å²) in [6, 6.07) is 8.66. The summed E-state index contributed by atoms with van der Waals surface area (Å²) in [6.45, 7) is 0.723. The molecule has 5 heteroatoms. The van der Waals surface area contributed by atoms with Gasteiger partial charge >= 0.3 is 0 Å². The van der Waals surface area contributed by atoms with Crippen LogP contribution in [0.15, 0.2) is 34.6 Å². The van der Waals surface area contributed by atoms with E-state index >= 15 is 0 Å². The Labute approximate surface area is 127 Å². The predicted molar refractivity (Wildman–Crippen MR) is 89.2 cm³/mol. The number of hydrogen-bond acceptors (Lipinski definition) is 5. The zero-order valence-corrected chi connectivity index (χ0v) is 12.8. The molecule has 2 aromatic rings. The fourth-order valence-corrected chi connectivity index (χ4v) is 3.86. The molecule has 0 atom stereocenters. The topological polar surface area (TPSA) is 64.4 Å². The van der Waals surface area contributed by atoms with Crippen LogP contribution >= 0.6 is 23.1 Å². The number of aliphatic imine (C=N–C) groups is 1. The monoisotopic (exact) mass is 303 g/mol. The van der Waals surface area contributed by atoms with Crippen molar-refractivity contribution in [2.24, 2.45) is 16.5 Å². The number of benzene rings is 1. The lowest BCUT2D eigenvalue weighted by Crippen LogP contribution is -2.11. The second kappa shape index (κ2) is 5.99. The molecule has 20 heavy (non-hydrogen) atoms. The van der Waals surface area contributed by atoms with Gasteiger partial charge in [-0.3, -0.25) is 0 Å². The third-order valence-electron chi connectivity index (χ3n) is 3.28. The summed E-state index contributed by atoms with van der Waals surface area (Å²) in [5.74, 6) is 2.60. The van der Waals surface area contributed by atoms with Gasteiger partial charge in [0.05, 0.1) is 10.6 Å². The van der Waals surface area contributed by atoms with Crippen LogP contribution in [0.25, 0.3) is 0 Å². The van der Waals surface area contributed by atoms with E-state index in [4.69, 9.17) is 11.5 Å². The Hall–Kier alpha value is -1.30. The van der Waals surface area contributed by atoms with Crippen LogP contribution in [0, 0.1) is 0 Å². The van der Waals surface area contributed by atoms with E-state index in [1.54, 1.807) is 11.3 Å². The molecule has 1 aromatic heterocycles. The number of amidine groups is 1. The van der Waals surface area contributed by atoms with Crippen LogP contribution in [0.2, 0.25) is 0 Å². The van der Waals surface area contributed by atoms with Gasteiger partial charge in [-0.05, 0) is 34.2 Å². The zero-order valence-electron chi connectivity index (χ0n) is 11.1.